The summed E-state index contributed by atoms with van der Waals surface area (Å²) in [5.74, 6) is 1.06. The van der Waals surface area contributed by atoms with E-state index < -0.39 is 0 Å². The van der Waals surface area contributed by atoms with Gasteiger partial charge in [-0.1, -0.05) is 11.6 Å². The van der Waals surface area contributed by atoms with E-state index in [0.29, 0.717) is 11.6 Å². The molecule has 0 aliphatic heterocycles. The normalized spacial score (nSPS) is 9.81. The molecule has 0 radical (unpaired) electrons. The third-order valence-corrected chi connectivity index (χ3v) is 2.06. The number of halogens is 1. The Hall–Kier alpha value is -2.13. The van der Waals surface area contributed by atoms with E-state index in [1.807, 2.05) is 19.1 Å². The van der Waals surface area contributed by atoms with Crippen molar-refractivity contribution in [3.05, 3.63) is 28.8 Å². The molecule has 0 saturated carbocycles. The van der Waals surface area contributed by atoms with Crippen LogP contribution in [0.3, 0.4) is 0 Å². The van der Waals surface area contributed by atoms with Crippen LogP contribution in [0.5, 0.6) is 0 Å². The van der Waals surface area contributed by atoms with Crippen LogP contribution in [-0.4, -0.2) is 20.2 Å². The van der Waals surface area contributed by atoms with Gasteiger partial charge in [0, 0.05) is 11.8 Å². The number of hydrogen-bond acceptors (Lipinski definition) is 5. The monoisotopic (exact) mass is 234 g/mol. The van der Waals surface area contributed by atoms with Crippen molar-refractivity contribution in [3.8, 4) is 6.07 Å². The molecular formula is C9H7ClN6. The molecule has 7 heteroatoms. The first-order valence-electron chi connectivity index (χ1n) is 4.40. The molecule has 2 heterocycles. The van der Waals surface area contributed by atoms with Gasteiger partial charge in [-0.2, -0.15) is 10.4 Å². The maximum atomic E-state index is 8.63. The zero-order valence-electron chi connectivity index (χ0n) is 8.32. The average molecular weight is 235 g/mol. The van der Waals surface area contributed by atoms with E-state index in [4.69, 9.17) is 16.9 Å². The predicted octanol–water partition coefficient (Wildman–Crippen LogP) is 1.78. The third kappa shape index (κ3) is 2.10. The first kappa shape index (κ1) is 10.4. The van der Waals surface area contributed by atoms with E-state index in [1.165, 1.54) is 6.20 Å². The van der Waals surface area contributed by atoms with Crippen LogP contribution in [0.2, 0.25) is 5.15 Å². The minimum absolute atomic E-state index is 0.0692. The second-order valence-corrected chi connectivity index (χ2v) is 3.43. The Morgan fingerprint density at radius 1 is 1.50 bits per heavy atom. The van der Waals surface area contributed by atoms with Crippen molar-refractivity contribution in [2.24, 2.45) is 0 Å². The number of H-pyrrole nitrogens is 1. The lowest BCUT2D eigenvalue weighted by molar-refractivity contribution is 1.04. The van der Waals surface area contributed by atoms with E-state index >= 15 is 0 Å². The number of aromatic nitrogens is 4. The number of aryl methyl sites for hydroxylation is 1. The maximum Gasteiger partial charge on any atom is 0.178 e. The van der Waals surface area contributed by atoms with Crippen molar-refractivity contribution in [3.63, 3.8) is 0 Å². The van der Waals surface area contributed by atoms with Crippen LogP contribution in [0.1, 0.15) is 11.4 Å². The predicted molar refractivity (Wildman–Crippen MR) is 58.4 cm³/mol. The minimum Gasteiger partial charge on any atom is -0.322 e. The van der Waals surface area contributed by atoms with Gasteiger partial charge in [-0.05, 0) is 6.92 Å². The Kier molecular flexibility index (Phi) is 2.70. The van der Waals surface area contributed by atoms with Crippen molar-refractivity contribution in [2.45, 2.75) is 6.92 Å². The van der Waals surface area contributed by atoms with Crippen LogP contribution in [0, 0.1) is 18.3 Å². The van der Waals surface area contributed by atoms with Gasteiger partial charge >= 0.3 is 0 Å². The van der Waals surface area contributed by atoms with Crippen LogP contribution >= 0.6 is 11.6 Å². The van der Waals surface area contributed by atoms with Gasteiger partial charge in [0.2, 0.25) is 0 Å². The molecule has 16 heavy (non-hydrogen) atoms. The van der Waals surface area contributed by atoms with E-state index in [2.05, 4.69) is 25.5 Å². The van der Waals surface area contributed by atoms with Crippen molar-refractivity contribution in [1.82, 2.24) is 20.2 Å². The van der Waals surface area contributed by atoms with Crippen LogP contribution in [-0.2, 0) is 0 Å². The Labute approximate surface area is 96.3 Å². The van der Waals surface area contributed by atoms with Gasteiger partial charge in [0.05, 0.1) is 6.20 Å². The number of hydrogen-bond donors (Lipinski definition) is 2. The van der Waals surface area contributed by atoms with E-state index in [0.717, 1.165) is 5.69 Å². The molecule has 0 fully saturated rings. The summed E-state index contributed by atoms with van der Waals surface area (Å²) in [4.78, 5) is 7.81. The van der Waals surface area contributed by atoms with Gasteiger partial charge in [0.15, 0.2) is 22.5 Å². The van der Waals surface area contributed by atoms with E-state index in [-0.39, 0.29) is 10.8 Å². The molecule has 0 unspecified atom stereocenters. The molecule has 80 valence electrons. The highest BCUT2D eigenvalue weighted by atomic mass is 35.5. The molecule has 0 atom stereocenters. The number of nitriles is 1. The molecule has 0 amide bonds. The molecule has 2 aromatic rings. The second kappa shape index (κ2) is 4.16. The smallest absolute Gasteiger partial charge is 0.178 e. The molecule has 0 saturated heterocycles. The molecule has 0 spiro atoms. The lowest BCUT2D eigenvalue weighted by Crippen LogP contribution is -1.97. The van der Waals surface area contributed by atoms with Crippen molar-refractivity contribution in [2.75, 3.05) is 5.32 Å². The molecular weight excluding hydrogens is 228 g/mol. The molecule has 0 aromatic carbocycles. The molecule has 2 rings (SSSR count). The van der Waals surface area contributed by atoms with Gasteiger partial charge < -0.3 is 5.32 Å². The summed E-state index contributed by atoms with van der Waals surface area (Å²) >= 11 is 5.74. The summed E-state index contributed by atoms with van der Waals surface area (Å²) in [6.07, 6.45) is 1.43. The Bertz CT molecular complexity index is 555. The summed E-state index contributed by atoms with van der Waals surface area (Å²) in [5, 5.41) is 18.4. The van der Waals surface area contributed by atoms with Crippen molar-refractivity contribution in [1.29, 1.82) is 5.26 Å². The van der Waals surface area contributed by atoms with E-state index in [9.17, 15) is 0 Å². The van der Waals surface area contributed by atoms with Gasteiger partial charge in [0.1, 0.15) is 6.07 Å². The first-order valence-corrected chi connectivity index (χ1v) is 4.78. The standard InChI is InChI=1S/C9H7ClN6/c1-5-2-7(16-15-5)13-8-4-12-6(3-11)9(10)14-8/h2,4H,1H3,(H2,13,14,15,16). The fourth-order valence-corrected chi connectivity index (χ4v) is 1.30. The highest BCUT2D eigenvalue weighted by Crippen LogP contribution is 2.16. The molecule has 0 aliphatic rings. The zero-order chi connectivity index (χ0) is 11.5. The van der Waals surface area contributed by atoms with Gasteiger partial charge in [0.25, 0.3) is 0 Å². The zero-order valence-corrected chi connectivity index (χ0v) is 9.08. The highest BCUT2D eigenvalue weighted by molar-refractivity contribution is 6.30. The lowest BCUT2D eigenvalue weighted by Gasteiger charge is -2.01. The molecule has 0 bridgehead atoms. The summed E-state index contributed by atoms with van der Waals surface area (Å²) in [7, 11) is 0. The molecule has 0 aliphatic carbocycles. The largest absolute Gasteiger partial charge is 0.322 e. The molecule has 2 N–H and O–H groups in total. The quantitative estimate of drug-likeness (QED) is 0.827. The number of nitrogens with zero attached hydrogens (tertiary/aromatic N) is 4. The second-order valence-electron chi connectivity index (χ2n) is 3.07. The number of nitrogens with one attached hydrogen (secondary N) is 2. The summed E-state index contributed by atoms with van der Waals surface area (Å²) in [5.41, 5.74) is 1.03. The molecule has 2 aromatic heterocycles. The van der Waals surface area contributed by atoms with Crippen LogP contribution in [0.4, 0.5) is 11.6 Å². The summed E-state index contributed by atoms with van der Waals surface area (Å²) in [6, 6.07) is 3.65. The first-order chi connectivity index (χ1) is 7.69. The SMILES string of the molecule is Cc1cc(Nc2cnc(C#N)c(Cl)n2)n[nH]1. The lowest BCUT2D eigenvalue weighted by atomic mass is 10.4. The van der Waals surface area contributed by atoms with Crippen LogP contribution in [0.25, 0.3) is 0 Å². The van der Waals surface area contributed by atoms with Crippen LogP contribution < -0.4 is 5.32 Å². The van der Waals surface area contributed by atoms with Gasteiger partial charge in [-0.3, -0.25) is 5.10 Å². The van der Waals surface area contributed by atoms with Crippen molar-refractivity contribution >= 4 is 23.2 Å². The summed E-state index contributed by atoms with van der Waals surface area (Å²) < 4.78 is 0. The minimum atomic E-state index is 0.0692. The molecule has 6 nitrogen and oxygen atoms in total. The summed E-state index contributed by atoms with van der Waals surface area (Å²) in [6.45, 7) is 1.88. The van der Waals surface area contributed by atoms with Crippen LogP contribution in [0.15, 0.2) is 12.3 Å². The fraction of sp³-hybridized carbons (Fsp3) is 0.111. The Morgan fingerprint density at radius 2 is 2.31 bits per heavy atom. The highest BCUT2D eigenvalue weighted by Gasteiger charge is 2.05. The average Bonchev–Trinajstić information content (AvgIpc) is 2.64. The van der Waals surface area contributed by atoms with Crippen molar-refractivity contribution < 1.29 is 0 Å². The third-order valence-electron chi connectivity index (χ3n) is 1.80. The Balaban J connectivity index is 2.23. The van der Waals surface area contributed by atoms with Gasteiger partial charge in [-0.15, -0.1) is 0 Å². The van der Waals surface area contributed by atoms with Gasteiger partial charge in [-0.25, -0.2) is 9.97 Å². The maximum absolute atomic E-state index is 8.63. The fourth-order valence-electron chi connectivity index (χ4n) is 1.12. The number of anilines is 2. The number of aromatic amines is 1. The Morgan fingerprint density at radius 3 is 2.88 bits per heavy atom. The number of rotatable bonds is 2. The van der Waals surface area contributed by atoms with E-state index in [1.54, 1.807) is 0 Å². The topological polar surface area (TPSA) is 90.3 Å².